The molecule has 0 aromatic carbocycles. The molecule has 5 heteroatoms. The van der Waals surface area contributed by atoms with Crippen molar-refractivity contribution in [2.24, 2.45) is 0 Å². The zero-order valence-corrected chi connectivity index (χ0v) is 9.70. The fourth-order valence-corrected chi connectivity index (χ4v) is 2.44. The second-order valence-corrected chi connectivity index (χ2v) is 4.41. The van der Waals surface area contributed by atoms with Crippen molar-refractivity contribution in [2.75, 3.05) is 32.8 Å². The number of ether oxygens (including phenoxy) is 1. The van der Waals surface area contributed by atoms with E-state index in [2.05, 4.69) is 0 Å². The lowest BCUT2D eigenvalue weighted by molar-refractivity contribution is -0.922. The van der Waals surface area contributed by atoms with Crippen LogP contribution < -0.4 is 4.90 Å². The van der Waals surface area contributed by atoms with Gasteiger partial charge in [-0.2, -0.15) is 0 Å². The molecule has 2 fully saturated rings. The third kappa shape index (κ3) is 2.10. The van der Waals surface area contributed by atoms with Crippen LogP contribution in [0.15, 0.2) is 0 Å². The Morgan fingerprint density at radius 3 is 2.69 bits per heavy atom. The van der Waals surface area contributed by atoms with Crippen LogP contribution in [-0.2, 0) is 14.3 Å². The first kappa shape index (κ1) is 11.5. The summed E-state index contributed by atoms with van der Waals surface area (Å²) in [5, 5.41) is 0. The van der Waals surface area contributed by atoms with Gasteiger partial charge in [0.1, 0.15) is 13.1 Å². The molecule has 2 amide bonds. The van der Waals surface area contributed by atoms with E-state index in [1.54, 1.807) is 0 Å². The molecule has 0 bridgehead atoms. The molecule has 5 nitrogen and oxygen atoms in total. The van der Waals surface area contributed by atoms with Crippen molar-refractivity contribution in [3.05, 3.63) is 0 Å². The Kier molecular flexibility index (Phi) is 3.56. The first-order chi connectivity index (χ1) is 7.74. The summed E-state index contributed by atoms with van der Waals surface area (Å²) in [5.74, 6) is 0.0135. The highest BCUT2D eigenvalue weighted by atomic mass is 16.5. The maximum absolute atomic E-state index is 12.0. The highest BCUT2D eigenvalue weighted by Crippen LogP contribution is 2.11. The average molecular weight is 227 g/mol. The molecule has 2 aliphatic heterocycles. The number of amides is 2. The molecular formula is C11H19N2O3+. The van der Waals surface area contributed by atoms with Gasteiger partial charge in [-0.1, -0.05) is 6.92 Å². The van der Waals surface area contributed by atoms with Gasteiger partial charge in [0.15, 0.2) is 6.04 Å². The zero-order chi connectivity index (χ0) is 11.5. The van der Waals surface area contributed by atoms with E-state index >= 15 is 0 Å². The Morgan fingerprint density at radius 1 is 1.38 bits per heavy atom. The number of nitrogens with zero attached hydrogens (tertiary/aromatic N) is 1. The van der Waals surface area contributed by atoms with Gasteiger partial charge in [0.2, 0.25) is 5.91 Å². The predicted molar refractivity (Wildman–Crippen MR) is 56.9 cm³/mol. The van der Waals surface area contributed by atoms with Gasteiger partial charge in [-0.25, -0.2) is 0 Å². The summed E-state index contributed by atoms with van der Waals surface area (Å²) in [6.45, 7) is 5.61. The molecule has 1 atom stereocenters. The highest BCUT2D eigenvalue weighted by Gasteiger charge is 2.44. The molecule has 0 aliphatic carbocycles. The summed E-state index contributed by atoms with van der Waals surface area (Å²) in [7, 11) is 0. The minimum Gasteiger partial charge on any atom is -0.370 e. The molecule has 2 saturated heterocycles. The molecule has 90 valence electrons. The van der Waals surface area contributed by atoms with Gasteiger partial charge in [0.05, 0.1) is 19.6 Å². The fourth-order valence-electron chi connectivity index (χ4n) is 2.44. The molecule has 2 heterocycles. The molecule has 0 radical (unpaired) electrons. The van der Waals surface area contributed by atoms with Gasteiger partial charge < -0.3 is 9.64 Å². The van der Waals surface area contributed by atoms with Crippen molar-refractivity contribution in [3.8, 4) is 0 Å². The van der Waals surface area contributed by atoms with Crippen molar-refractivity contribution in [3.63, 3.8) is 0 Å². The number of quaternary nitrogens is 1. The molecule has 1 N–H and O–H groups in total. The highest BCUT2D eigenvalue weighted by molar-refractivity contribution is 6.04. The summed E-state index contributed by atoms with van der Waals surface area (Å²) in [4.78, 5) is 26.4. The molecule has 0 unspecified atom stereocenters. The lowest BCUT2D eigenvalue weighted by atomic mass is 10.2. The normalized spacial score (nSPS) is 27.8. The second-order valence-electron chi connectivity index (χ2n) is 4.41. The van der Waals surface area contributed by atoms with E-state index in [1.165, 1.54) is 9.80 Å². The molecular weight excluding hydrogens is 208 g/mol. The maximum atomic E-state index is 12.0. The summed E-state index contributed by atoms with van der Waals surface area (Å²) >= 11 is 0. The number of nitrogens with one attached hydrogen (secondary N) is 1. The van der Waals surface area contributed by atoms with Gasteiger partial charge in [-0.05, 0) is 6.42 Å². The van der Waals surface area contributed by atoms with Gasteiger partial charge in [0, 0.05) is 6.54 Å². The van der Waals surface area contributed by atoms with Crippen molar-refractivity contribution in [2.45, 2.75) is 25.8 Å². The van der Waals surface area contributed by atoms with Crippen LogP contribution in [0.1, 0.15) is 19.8 Å². The van der Waals surface area contributed by atoms with E-state index in [-0.39, 0.29) is 17.9 Å². The van der Waals surface area contributed by atoms with Crippen LogP contribution in [0.2, 0.25) is 0 Å². The number of carbonyl (C=O) groups excluding carboxylic acids is 2. The number of rotatable bonds is 3. The van der Waals surface area contributed by atoms with E-state index in [9.17, 15) is 9.59 Å². The number of imide groups is 1. The van der Waals surface area contributed by atoms with Crippen molar-refractivity contribution < 1.29 is 19.2 Å². The minimum atomic E-state index is -0.150. The largest absolute Gasteiger partial charge is 0.370 e. The number of morpholine rings is 1. The van der Waals surface area contributed by atoms with Crippen molar-refractivity contribution in [1.82, 2.24) is 4.90 Å². The Bertz CT molecular complexity index is 287. The quantitative estimate of drug-likeness (QED) is 0.593. The van der Waals surface area contributed by atoms with Gasteiger partial charge in [0.25, 0.3) is 5.91 Å². The molecule has 0 aromatic rings. The Morgan fingerprint density at radius 2 is 2.06 bits per heavy atom. The van der Waals surface area contributed by atoms with Gasteiger partial charge in [-0.3, -0.25) is 14.5 Å². The van der Waals surface area contributed by atoms with Crippen LogP contribution >= 0.6 is 0 Å². The third-order valence-electron chi connectivity index (χ3n) is 3.32. The molecule has 16 heavy (non-hydrogen) atoms. The zero-order valence-electron chi connectivity index (χ0n) is 9.70. The van der Waals surface area contributed by atoms with Gasteiger partial charge in [-0.15, -0.1) is 0 Å². The number of likely N-dealkylation sites (tertiary alicyclic amines) is 1. The Labute approximate surface area is 95.3 Å². The first-order valence-electron chi connectivity index (χ1n) is 6.00. The monoisotopic (exact) mass is 227 g/mol. The second kappa shape index (κ2) is 4.93. The molecule has 2 rings (SSSR count). The molecule has 2 aliphatic rings. The Hall–Kier alpha value is -0.940. The summed E-state index contributed by atoms with van der Waals surface area (Å²) in [6.07, 6.45) is 1.22. The summed E-state index contributed by atoms with van der Waals surface area (Å²) in [5.41, 5.74) is 0. The molecule has 0 aromatic heterocycles. The van der Waals surface area contributed by atoms with E-state index in [1.807, 2.05) is 6.92 Å². The lowest BCUT2D eigenvalue weighted by Gasteiger charge is -2.27. The van der Waals surface area contributed by atoms with Crippen LogP contribution in [0.25, 0.3) is 0 Å². The first-order valence-corrected chi connectivity index (χ1v) is 6.00. The molecule has 0 saturated carbocycles. The topological polar surface area (TPSA) is 51.1 Å². The van der Waals surface area contributed by atoms with Crippen molar-refractivity contribution >= 4 is 11.8 Å². The van der Waals surface area contributed by atoms with Crippen LogP contribution in [0.4, 0.5) is 0 Å². The Balaban J connectivity index is 2.01. The maximum Gasteiger partial charge on any atom is 0.288 e. The van der Waals surface area contributed by atoms with E-state index in [0.717, 1.165) is 19.5 Å². The smallest absolute Gasteiger partial charge is 0.288 e. The van der Waals surface area contributed by atoms with E-state index < -0.39 is 0 Å². The predicted octanol–water partition coefficient (Wildman–Crippen LogP) is -1.56. The third-order valence-corrected chi connectivity index (χ3v) is 3.32. The average Bonchev–Trinajstić information content (AvgIpc) is 2.59. The van der Waals surface area contributed by atoms with Crippen molar-refractivity contribution in [1.29, 1.82) is 0 Å². The SMILES string of the molecule is CCCN1C(=O)C[C@@H]([NH+]2CCOCC2)C1=O. The van der Waals surface area contributed by atoms with E-state index in [0.29, 0.717) is 26.2 Å². The number of carbonyl (C=O) groups is 2. The standard InChI is InChI=1S/C11H18N2O3/c1-2-3-13-10(14)8-9(11(13)15)12-4-6-16-7-5-12/h9H,2-8H2,1H3/p+1/t9-/m1/s1. The summed E-state index contributed by atoms with van der Waals surface area (Å²) < 4.78 is 5.27. The van der Waals surface area contributed by atoms with E-state index in [4.69, 9.17) is 4.74 Å². The summed E-state index contributed by atoms with van der Waals surface area (Å²) in [6, 6.07) is -0.150. The van der Waals surface area contributed by atoms with Crippen LogP contribution in [0.3, 0.4) is 0 Å². The number of hydrogen-bond donors (Lipinski definition) is 1. The lowest BCUT2D eigenvalue weighted by Crippen LogP contribution is -3.18. The van der Waals surface area contributed by atoms with Gasteiger partial charge >= 0.3 is 0 Å². The van der Waals surface area contributed by atoms with Crippen LogP contribution in [0.5, 0.6) is 0 Å². The minimum absolute atomic E-state index is 0.00385. The molecule has 0 spiro atoms. The van der Waals surface area contributed by atoms with Crippen LogP contribution in [0, 0.1) is 0 Å². The fraction of sp³-hybridized carbons (Fsp3) is 0.818. The van der Waals surface area contributed by atoms with Crippen LogP contribution in [-0.4, -0.2) is 55.6 Å². The number of hydrogen-bond acceptors (Lipinski definition) is 3.